The Balaban J connectivity index is 0.00000274. The topological polar surface area (TPSA) is 389 Å². The summed E-state index contributed by atoms with van der Waals surface area (Å²) in [5, 5.41) is 48.4. The maximum atomic E-state index is 13.4. The molecule has 3 heterocycles. The lowest BCUT2D eigenvalue weighted by Gasteiger charge is -2.49. The molecule has 4 aliphatic rings. The number of hydrogen-bond donors (Lipinski definition) is 5. The summed E-state index contributed by atoms with van der Waals surface area (Å²) in [4.78, 5) is 89.5. The quantitative estimate of drug-likeness (QED) is 0.0296. The van der Waals surface area contributed by atoms with E-state index in [0.717, 1.165) is 38.2 Å². The third-order valence-electron chi connectivity index (χ3n) is 12.5. The number of rotatable bonds is 19. The molecule has 4 aromatic rings. The van der Waals surface area contributed by atoms with E-state index >= 15 is 0 Å². The summed E-state index contributed by atoms with van der Waals surface area (Å²) in [5.74, 6) is -0.751. The summed E-state index contributed by atoms with van der Waals surface area (Å²) in [6, 6.07) is 20.1. The molecule has 5 N–H and O–H groups in total. The van der Waals surface area contributed by atoms with Crippen molar-refractivity contribution in [2.24, 2.45) is 0 Å². The third-order valence-corrected chi connectivity index (χ3v) is 13.9. The Morgan fingerprint density at radius 3 is 2.08 bits per heavy atom. The van der Waals surface area contributed by atoms with Gasteiger partial charge in [0.25, 0.3) is 0 Å². The average Bonchev–Trinajstić information content (AvgIpc) is 3.72. The second-order valence-electron chi connectivity index (χ2n) is 17.5. The molecule has 29 heteroatoms. The van der Waals surface area contributed by atoms with Crippen molar-refractivity contribution in [2.45, 2.75) is 94.3 Å². The highest BCUT2D eigenvalue weighted by Gasteiger charge is 2.54. The van der Waals surface area contributed by atoms with Gasteiger partial charge in [0.2, 0.25) is 0 Å². The standard InChI is InChI=1S/C47H55N3O21P2.HO2P/c1-2-3-4-5-6-9-20-64-37-23-27(12-17-34(37)69-73(61,62)71-41-38(51)39(52)42(68-57)43(40(41)53)70-72(58,59)60)26-65-46(56)49-29-14-16-33-36(25-29)66-35-24-28(48-45(55)50-18-21-63-22-19-50)13-15-32(35)47(33)31-11-8-7-10-30(31)44(54)67-47;1-3-2/h7-8,10-17,23-25,38-43,51-53,57H,2-6,9,18-22,26H2,1H3,(H,48,55)(H,49,56)(H,61,62)(H2,58,59,60);(H,1,2)/p-5/t38-,39+,40+,41-,42-,43-,47?;/m1./s1. The van der Waals surface area contributed by atoms with Crippen LogP contribution in [0, 0.1) is 0 Å². The molecule has 2 fully saturated rings. The molecule has 26 nitrogen and oxygen atoms in total. The fraction of sp³-hybridized carbons (Fsp3) is 0.426. The number of aliphatic hydroxyl groups is 3. The Morgan fingerprint density at radius 2 is 1.42 bits per heavy atom. The Hall–Kier alpha value is -5.63. The van der Waals surface area contributed by atoms with Gasteiger partial charge in [-0.1, -0.05) is 63.3 Å². The van der Waals surface area contributed by atoms with Crippen LogP contribution in [0.5, 0.6) is 23.0 Å². The molecule has 3 amide bonds. The highest BCUT2D eigenvalue weighted by Crippen LogP contribution is 2.57. The first kappa shape index (κ1) is 58.1. The fourth-order valence-electron chi connectivity index (χ4n) is 8.96. The molecule has 0 bridgehead atoms. The van der Waals surface area contributed by atoms with E-state index in [1.54, 1.807) is 59.5 Å². The van der Waals surface area contributed by atoms with Crippen LogP contribution < -0.4 is 49.5 Å². The fourth-order valence-corrected chi connectivity index (χ4v) is 10.5. The largest absolute Gasteiger partial charge is 0.790 e. The van der Waals surface area contributed by atoms with E-state index in [0.29, 0.717) is 60.7 Å². The number of phosphoric ester groups is 2. The third kappa shape index (κ3) is 13.7. The number of ether oxygens (including phenoxy) is 5. The van der Waals surface area contributed by atoms with E-state index in [1.807, 2.05) is 0 Å². The number of anilines is 2. The number of fused-ring (bicyclic) bond motifs is 6. The molecule has 1 saturated heterocycles. The first-order chi connectivity index (χ1) is 36.3. The van der Waals surface area contributed by atoms with E-state index in [2.05, 4.69) is 27.0 Å². The number of carbonyl (C=O) groups excluding carboxylic acids is 3. The first-order valence-corrected chi connectivity index (χ1v) is 27.3. The van der Waals surface area contributed by atoms with Gasteiger partial charge in [0.1, 0.15) is 54.7 Å². The van der Waals surface area contributed by atoms with E-state index < -0.39 is 91.0 Å². The Bertz CT molecular complexity index is 2820. The van der Waals surface area contributed by atoms with Crippen molar-refractivity contribution in [1.29, 1.82) is 0 Å². The number of morpholine rings is 1. The number of nitrogens with one attached hydrogen (secondary N) is 2. The lowest BCUT2D eigenvalue weighted by atomic mass is 9.77. The molecular weight excluding hydrogens is 1070 g/mol. The molecule has 8 rings (SSSR count). The molecule has 4 aromatic carbocycles. The molecule has 76 heavy (non-hydrogen) atoms. The monoisotopic (exact) mass is 1120 g/mol. The molecule has 2 unspecified atom stereocenters. The molecule has 1 spiro atoms. The van der Waals surface area contributed by atoms with Gasteiger partial charge in [-0.25, -0.2) is 14.4 Å². The lowest BCUT2D eigenvalue weighted by molar-refractivity contribution is -0.710. The highest BCUT2D eigenvalue weighted by atomic mass is 31.2. The van der Waals surface area contributed by atoms with Crippen LogP contribution >= 0.6 is 24.3 Å². The zero-order valence-electron chi connectivity index (χ0n) is 40.3. The Labute approximate surface area is 435 Å². The van der Waals surface area contributed by atoms with Crippen molar-refractivity contribution in [3.05, 3.63) is 107 Å². The summed E-state index contributed by atoms with van der Waals surface area (Å²) in [7, 11) is -12.8. The van der Waals surface area contributed by atoms with Crippen LogP contribution in [-0.2, 0) is 54.0 Å². The van der Waals surface area contributed by atoms with E-state index in [9.17, 15) is 58.8 Å². The maximum Gasteiger partial charge on any atom is 0.411 e. The normalized spacial score (nSPS) is 23.3. The predicted molar refractivity (Wildman–Crippen MR) is 251 cm³/mol. The summed E-state index contributed by atoms with van der Waals surface area (Å²) in [6.07, 6.45) is -10.3. The van der Waals surface area contributed by atoms with Gasteiger partial charge in [0.15, 0.2) is 17.1 Å². The minimum atomic E-state index is -5.99. The SMILES string of the molecule is CCCCCCCCOc1cc(COC(=O)Nc2ccc3c(c2)Oc2cc(NC(=O)N4CCOCC4)ccc2C32OC(=O)c3ccccc32)ccc1OP(=O)([O-])O[C@@H]1[C@H](O)[C@H](O)[C@@H](O[O-])[C@H](OP(=O)([O-])[O-])[C@H]1O.O=P[O-]. The van der Waals surface area contributed by atoms with Crippen molar-refractivity contribution >= 4 is 53.8 Å². The number of carbonyl (C=O) groups is 3. The second kappa shape index (κ2) is 25.7. The van der Waals surface area contributed by atoms with Crippen LogP contribution in [0.2, 0.25) is 0 Å². The van der Waals surface area contributed by atoms with E-state index in [4.69, 9.17) is 42.2 Å². The van der Waals surface area contributed by atoms with Crippen molar-refractivity contribution in [3.63, 3.8) is 0 Å². The maximum absolute atomic E-state index is 13.4. The van der Waals surface area contributed by atoms with Gasteiger partial charge >= 0.3 is 25.9 Å². The summed E-state index contributed by atoms with van der Waals surface area (Å²) < 4.78 is 76.6. The van der Waals surface area contributed by atoms with Crippen molar-refractivity contribution in [1.82, 2.24) is 4.90 Å². The summed E-state index contributed by atoms with van der Waals surface area (Å²) >= 11 is 0. The van der Waals surface area contributed by atoms with Crippen LogP contribution in [-0.4, -0.2) is 108 Å². The lowest BCUT2D eigenvalue weighted by Crippen LogP contribution is -2.66. The molecule has 1 aliphatic carbocycles. The minimum Gasteiger partial charge on any atom is -0.790 e. The molecule has 1 saturated carbocycles. The Kier molecular flexibility index (Phi) is 19.6. The van der Waals surface area contributed by atoms with Crippen molar-refractivity contribution in [3.8, 4) is 23.0 Å². The zero-order chi connectivity index (χ0) is 54.8. The number of hydrogen-bond acceptors (Lipinski definition) is 23. The zero-order valence-corrected chi connectivity index (χ0v) is 42.9. The van der Waals surface area contributed by atoms with Crippen molar-refractivity contribution in [2.75, 3.05) is 43.5 Å². The van der Waals surface area contributed by atoms with Gasteiger partial charge in [-0.15, -0.1) is 0 Å². The van der Waals surface area contributed by atoms with Crippen LogP contribution in [0.3, 0.4) is 0 Å². The molecule has 8 atom stereocenters. The van der Waals surface area contributed by atoms with Gasteiger partial charge in [-0.2, -0.15) is 0 Å². The van der Waals surface area contributed by atoms with Crippen molar-refractivity contribution < 1.29 is 110 Å². The molecule has 412 valence electrons. The molecule has 0 aromatic heterocycles. The molecule has 3 aliphatic heterocycles. The summed E-state index contributed by atoms with van der Waals surface area (Å²) in [5.41, 5.74) is 1.27. The van der Waals surface area contributed by atoms with Crippen LogP contribution in [0.25, 0.3) is 0 Å². The molecule has 0 radical (unpaired) electrons. The van der Waals surface area contributed by atoms with Crippen LogP contribution in [0.4, 0.5) is 21.0 Å². The predicted octanol–water partition coefficient (Wildman–Crippen LogP) is 2.36. The first-order valence-electron chi connectivity index (χ1n) is 23.6. The van der Waals surface area contributed by atoms with Crippen LogP contribution in [0.1, 0.15) is 78.1 Å². The van der Waals surface area contributed by atoms with Gasteiger partial charge in [-0.05, 0) is 54.4 Å². The Morgan fingerprint density at radius 1 is 0.789 bits per heavy atom. The number of nitrogens with zero attached hydrogens (tertiary/aromatic N) is 1. The minimum absolute atomic E-state index is 0.0743. The smallest absolute Gasteiger partial charge is 0.411 e. The second-order valence-corrected chi connectivity index (χ2v) is 20.0. The van der Waals surface area contributed by atoms with E-state index in [-0.39, 0.29) is 41.1 Å². The average molecular weight is 1120 g/mol. The van der Waals surface area contributed by atoms with E-state index in [1.165, 1.54) is 18.2 Å². The number of benzene rings is 4. The molecular formula is C47H51N3O23P3-5. The number of urea groups is 1. The van der Waals surface area contributed by atoms with Gasteiger partial charge in [-0.3, -0.25) is 14.4 Å². The highest BCUT2D eigenvalue weighted by molar-refractivity contribution is 7.46. The number of phosphoric acid groups is 2. The van der Waals surface area contributed by atoms with Gasteiger partial charge in [0.05, 0.1) is 41.9 Å². The summed E-state index contributed by atoms with van der Waals surface area (Å²) in [6.45, 7) is 3.39. The number of esters is 1. The van der Waals surface area contributed by atoms with Gasteiger partial charge < -0.3 is 97.1 Å². The van der Waals surface area contributed by atoms with Crippen LogP contribution in [0.15, 0.2) is 78.9 Å². The number of amides is 3. The number of unbranched alkanes of at least 4 members (excludes halogenated alkanes) is 5. The number of aliphatic hydroxyl groups excluding tert-OH is 3. The van der Waals surface area contributed by atoms with Gasteiger partial charge in [0, 0.05) is 53.3 Å².